The van der Waals surface area contributed by atoms with Crippen molar-refractivity contribution >= 4 is 33.3 Å². The average Bonchev–Trinajstić information content (AvgIpc) is 3.35. The summed E-state index contributed by atoms with van der Waals surface area (Å²) in [7, 11) is 0. The van der Waals surface area contributed by atoms with E-state index in [4.69, 9.17) is 5.10 Å². The summed E-state index contributed by atoms with van der Waals surface area (Å²) in [5.74, 6) is 0.224. The number of hydrogen-bond acceptors (Lipinski definition) is 4. The summed E-state index contributed by atoms with van der Waals surface area (Å²) >= 11 is 0. The molecule has 0 unspecified atom stereocenters. The van der Waals surface area contributed by atoms with Gasteiger partial charge in [0.15, 0.2) is 5.82 Å². The molecule has 0 amide bonds. The van der Waals surface area contributed by atoms with Gasteiger partial charge >= 0.3 is 0 Å². The largest absolute Gasteiger partial charge is 0.305 e. The van der Waals surface area contributed by atoms with E-state index in [1.54, 1.807) is 16.8 Å². The molecule has 0 fully saturated rings. The Balaban J connectivity index is 1.58. The molecule has 6 rings (SSSR count). The van der Waals surface area contributed by atoms with E-state index in [1.165, 1.54) is 0 Å². The fourth-order valence-electron chi connectivity index (χ4n) is 4.53. The summed E-state index contributed by atoms with van der Waals surface area (Å²) < 4.78 is 1.80. The Morgan fingerprint density at radius 2 is 1.73 bits per heavy atom. The first-order valence-corrected chi connectivity index (χ1v) is 11.9. The van der Waals surface area contributed by atoms with Crippen LogP contribution in [0.2, 0.25) is 0 Å². The number of rotatable bonds is 4. The Bertz CT molecular complexity index is 1920. The van der Waals surface area contributed by atoms with Crippen LogP contribution in [-0.2, 0) is 0 Å². The van der Waals surface area contributed by atoms with Crippen LogP contribution >= 0.6 is 0 Å². The number of para-hydroxylation sites is 1. The van der Waals surface area contributed by atoms with Crippen molar-refractivity contribution in [3.63, 3.8) is 0 Å². The van der Waals surface area contributed by atoms with Crippen LogP contribution < -0.4 is 5.56 Å². The topological polar surface area (TPSA) is 87.4 Å². The molecule has 0 aliphatic heterocycles. The van der Waals surface area contributed by atoms with Gasteiger partial charge in [-0.25, -0.2) is 9.67 Å². The van der Waals surface area contributed by atoms with Crippen LogP contribution in [0, 0.1) is 18.3 Å². The summed E-state index contributed by atoms with van der Waals surface area (Å²) in [6.07, 6.45) is 3.64. The van der Waals surface area contributed by atoms with Crippen molar-refractivity contribution in [2.24, 2.45) is 0 Å². The number of nitriles is 1. The highest BCUT2D eigenvalue weighted by atomic mass is 16.1. The number of aromatic nitrogens is 4. The predicted molar refractivity (Wildman–Crippen MR) is 147 cm³/mol. The zero-order valence-corrected chi connectivity index (χ0v) is 20.0. The molecule has 0 aliphatic carbocycles. The third-order valence-corrected chi connectivity index (χ3v) is 6.35. The van der Waals surface area contributed by atoms with Gasteiger partial charge in [-0.15, -0.1) is 0 Å². The van der Waals surface area contributed by atoms with Crippen molar-refractivity contribution in [1.29, 1.82) is 5.26 Å². The number of fused-ring (bicyclic) bond motifs is 2. The van der Waals surface area contributed by atoms with Crippen LogP contribution in [0.3, 0.4) is 0 Å². The Morgan fingerprint density at radius 3 is 2.57 bits per heavy atom. The molecule has 0 aliphatic rings. The number of aryl methyl sites for hydroxylation is 1. The molecule has 0 bridgehead atoms. The zero-order chi connectivity index (χ0) is 25.4. The highest BCUT2D eigenvalue weighted by Gasteiger charge is 2.16. The lowest BCUT2D eigenvalue weighted by Gasteiger charge is -2.06. The van der Waals surface area contributed by atoms with Gasteiger partial charge in [0.1, 0.15) is 11.8 Å². The quantitative estimate of drug-likeness (QED) is 0.301. The van der Waals surface area contributed by atoms with E-state index >= 15 is 0 Å². The van der Waals surface area contributed by atoms with E-state index in [1.807, 2.05) is 79.9 Å². The molecule has 2 heterocycles. The maximum absolute atomic E-state index is 12.8. The molecule has 6 nitrogen and oxygen atoms in total. The standard InChI is InChI=1S/C31H21N5O/c1-20-14-15-27-28(16-20)33-30(34-31(27)37)22(18-32)17-23-19-36(24-10-3-2-4-11-24)35-29(23)26-13-7-9-21-8-5-6-12-25(21)26/h2-17,19H,1H3,(H,33,34,37)/b22-17+. The SMILES string of the molecule is Cc1ccc2c(=O)[nH]c(/C(C#N)=C/c3cn(-c4ccccc4)nc3-c3cccc4ccccc34)nc2c1. The number of nitrogens with one attached hydrogen (secondary N) is 1. The van der Waals surface area contributed by atoms with Gasteiger partial charge in [-0.3, -0.25) is 4.79 Å². The van der Waals surface area contributed by atoms with Crippen LogP contribution in [0.5, 0.6) is 0 Å². The summed E-state index contributed by atoms with van der Waals surface area (Å²) in [5, 5.41) is 17.7. The maximum Gasteiger partial charge on any atom is 0.259 e. The van der Waals surface area contributed by atoms with Gasteiger partial charge in [0.2, 0.25) is 0 Å². The molecule has 0 saturated heterocycles. The second kappa shape index (κ2) is 9.06. The fraction of sp³-hybridized carbons (Fsp3) is 0.0323. The predicted octanol–water partition coefficient (Wildman–Crippen LogP) is 6.30. The maximum atomic E-state index is 12.8. The summed E-state index contributed by atoms with van der Waals surface area (Å²) in [5.41, 5.74) is 4.82. The van der Waals surface area contributed by atoms with Crippen LogP contribution in [-0.4, -0.2) is 19.7 Å². The van der Waals surface area contributed by atoms with Crippen LogP contribution in [0.25, 0.3) is 50.3 Å². The summed E-state index contributed by atoms with van der Waals surface area (Å²) in [4.78, 5) is 20.2. The van der Waals surface area contributed by atoms with Crippen molar-refractivity contribution in [2.45, 2.75) is 6.92 Å². The second-order valence-corrected chi connectivity index (χ2v) is 8.84. The Kier molecular flexibility index (Phi) is 5.44. The van der Waals surface area contributed by atoms with Gasteiger partial charge < -0.3 is 4.98 Å². The van der Waals surface area contributed by atoms with Crippen LogP contribution in [0.15, 0.2) is 102 Å². The van der Waals surface area contributed by atoms with Crippen LogP contribution in [0.1, 0.15) is 17.0 Å². The van der Waals surface area contributed by atoms with E-state index in [-0.39, 0.29) is 17.0 Å². The van der Waals surface area contributed by atoms with Gasteiger partial charge in [0.25, 0.3) is 5.56 Å². The van der Waals surface area contributed by atoms with Gasteiger partial charge in [-0.1, -0.05) is 66.7 Å². The Labute approximate surface area is 212 Å². The zero-order valence-electron chi connectivity index (χ0n) is 20.0. The molecule has 176 valence electrons. The van der Waals surface area contributed by atoms with Gasteiger partial charge in [0.05, 0.1) is 22.2 Å². The first-order valence-electron chi connectivity index (χ1n) is 11.9. The minimum atomic E-state index is -0.282. The molecular weight excluding hydrogens is 458 g/mol. The Morgan fingerprint density at radius 1 is 0.946 bits per heavy atom. The minimum absolute atomic E-state index is 0.224. The Hall–Kier alpha value is -5.28. The smallest absolute Gasteiger partial charge is 0.259 e. The van der Waals surface area contributed by atoms with E-state index in [0.717, 1.165) is 38.8 Å². The van der Waals surface area contributed by atoms with Gasteiger partial charge in [-0.2, -0.15) is 10.4 Å². The molecule has 4 aromatic carbocycles. The van der Waals surface area contributed by atoms with Crippen molar-refractivity contribution in [3.8, 4) is 23.0 Å². The molecule has 37 heavy (non-hydrogen) atoms. The van der Waals surface area contributed by atoms with Gasteiger partial charge in [0, 0.05) is 17.3 Å². The molecular formula is C31H21N5O. The molecule has 0 saturated carbocycles. The number of aromatic amines is 1. The number of hydrogen-bond donors (Lipinski definition) is 1. The van der Waals surface area contributed by atoms with E-state index in [0.29, 0.717) is 10.9 Å². The number of H-pyrrole nitrogens is 1. The highest BCUT2D eigenvalue weighted by Crippen LogP contribution is 2.32. The highest BCUT2D eigenvalue weighted by molar-refractivity contribution is 5.99. The van der Waals surface area contributed by atoms with Crippen molar-refractivity contribution in [1.82, 2.24) is 19.7 Å². The molecule has 0 radical (unpaired) electrons. The number of benzene rings is 4. The number of nitrogens with zero attached hydrogens (tertiary/aromatic N) is 4. The summed E-state index contributed by atoms with van der Waals surface area (Å²) in [6, 6.07) is 31.7. The molecule has 1 N–H and O–H groups in total. The van der Waals surface area contributed by atoms with Gasteiger partial charge in [-0.05, 0) is 53.6 Å². The third kappa shape index (κ3) is 4.09. The molecule has 0 atom stereocenters. The minimum Gasteiger partial charge on any atom is -0.305 e. The van der Waals surface area contributed by atoms with Crippen molar-refractivity contribution < 1.29 is 0 Å². The lowest BCUT2D eigenvalue weighted by molar-refractivity contribution is 0.884. The van der Waals surface area contributed by atoms with E-state index in [2.05, 4.69) is 34.2 Å². The number of allylic oxidation sites excluding steroid dienone is 1. The molecule has 0 spiro atoms. The molecule has 6 aromatic rings. The fourth-order valence-corrected chi connectivity index (χ4v) is 4.53. The van der Waals surface area contributed by atoms with Crippen molar-refractivity contribution in [3.05, 3.63) is 124 Å². The first kappa shape index (κ1) is 22.2. The lowest BCUT2D eigenvalue weighted by atomic mass is 9.99. The molecule has 6 heteroatoms. The van der Waals surface area contributed by atoms with Crippen LogP contribution in [0.4, 0.5) is 0 Å². The summed E-state index contributed by atoms with van der Waals surface area (Å²) in [6.45, 7) is 1.94. The second-order valence-electron chi connectivity index (χ2n) is 8.84. The van der Waals surface area contributed by atoms with E-state index in [9.17, 15) is 10.1 Å². The first-order chi connectivity index (χ1) is 18.1. The normalized spacial score (nSPS) is 11.6. The third-order valence-electron chi connectivity index (χ3n) is 6.35. The van der Waals surface area contributed by atoms with Crippen molar-refractivity contribution in [2.75, 3.05) is 0 Å². The molecule has 2 aromatic heterocycles. The average molecular weight is 480 g/mol. The monoisotopic (exact) mass is 479 g/mol. The van der Waals surface area contributed by atoms with E-state index < -0.39 is 0 Å². The lowest BCUT2D eigenvalue weighted by Crippen LogP contribution is -2.11.